The fraction of sp³-hybridized carbons (Fsp3) is 0.692. The number of nitrogens with one attached hydrogen (secondary N) is 1. The van der Waals surface area contributed by atoms with Gasteiger partial charge in [-0.05, 0) is 32.6 Å². The molecule has 1 aliphatic heterocycles. The van der Waals surface area contributed by atoms with Gasteiger partial charge in [0.2, 0.25) is 0 Å². The molecule has 1 N–H and O–H groups in total. The molecule has 0 bridgehead atoms. The number of rotatable bonds is 4. The Kier molecular flexibility index (Phi) is 4.45. The van der Waals surface area contributed by atoms with Crippen molar-refractivity contribution in [2.45, 2.75) is 38.8 Å². The summed E-state index contributed by atoms with van der Waals surface area (Å²) in [5.41, 5.74) is 1.01. The first-order valence-electron chi connectivity index (χ1n) is 6.37. The Morgan fingerprint density at radius 3 is 2.71 bits per heavy atom. The van der Waals surface area contributed by atoms with E-state index in [9.17, 15) is 0 Å². The molecule has 0 amide bonds. The Morgan fingerprint density at radius 1 is 1.29 bits per heavy atom. The molecule has 2 heterocycles. The third kappa shape index (κ3) is 3.48. The minimum atomic E-state index is 0.251. The van der Waals surface area contributed by atoms with E-state index in [1.54, 1.807) is 12.4 Å². The maximum Gasteiger partial charge on any atom is 0.0753 e. The van der Waals surface area contributed by atoms with Crippen molar-refractivity contribution < 1.29 is 4.74 Å². The highest BCUT2D eigenvalue weighted by Crippen LogP contribution is 2.20. The Labute approximate surface area is 103 Å². The largest absolute Gasteiger partial charge is 0.381 e. The van der Waals surface area contributed by atoms with Crippen LogP contribution in [0.4, 0.5) is 0 Å². The zero-order valence-electron chi connectivity index (χ0n) is 10.6. The topological polar surface area (TPSA) is 47.0 Å². The number of hydrogen-bond acceptors (Lipinski definition) is 4. The highest BCUT2D eigenvalue weighted by atomic mass is 16.5. The summed E-state index contributed by atoms with van der Waals surface area (Å²) in [6.45, 7) is 6.19. The summed E-state index contributed by atoms with van der Waals surface area (Å²) in [5.74, 6) is 0.711. The standard InChI is InChI=1S/C13H21N3O/c1-10(12-3-7-17-8-4-12)16-11(2)13-9-14-5-6-15-13/h5-6,9-12,16H,3-4,7-8H2,1-2H3. The third-order valence-corrected chi connectivity index (χ3v) is 3.51. The predicted molar refractivity (Wildman–Crippen MR) is 66.6 cm³/mol. The first-order chi connectivity index (χ1) is 8.27. The summed E-state index contributed by atoms with van der Waals surface area (Å²) in [5, 5.41) is 3.61. The van der Waals surface area contributed by atoms with Crippen LogP contribution in [0.2, 0.25) is 0 Å². The zero-order valence-corrected chi connectivity index (χ0v) is 10.6. The van der Waals surface area contributed by atoms with E-state index in [1.165, 1.54) is 0 Å². The summed E-state index contributed by atoms with van der Waals surface area (Å²) >= 11 is 0. The molecule has 94 valence electrons. The van der Waals surface area contributed by atoms with Gasteiger partial charge in [-0.3, -0.25) is 9.97 Å². The summed E-state index contributed by atoms with van der Waals surface area (Å²) in [6.07, 6.45) is 7.59. The van der Waals surface area contributed by atoms with Gasteiger partial charge in [0, 0.05) is 43.9 Å². The van der Waals surface area contributed by atoms with Gasteiger partial charge in [0.15, 0.2) is 0 Å². The van der Waals surface area contributed by atoms with Crippen LogP contribution in [0.3, 0.4) is 0 Å². The molecule has 0 saturated carbocycles. The number of hydrogen-bond donors (Lipinski definition) is 1. The van der Waals surface area contributed by atoms with Crippen molar-refractivity contribution in [1.29, 1.82) is 0 Å². The minimum Gasteiger partial charge on any atom is -0.381 e. The van der Waals surface area contributed by atoms with Crippen molar-refractivity contribution in [3.05, 3.63) is 24.3 Å². The maximum absolute atomic E-state index is 5.39. The quantitative estimate of drug-likeness (QED) is 0.866. The van der Waals surface area contributed by atoms with Crippen molar-refractivity contribution in [3.63, 3.8) is 0 Å². The van der Waals surface area contributed by atoms with Gasteiger partial charge in [0.25, 0.3) is 0 Å². The lowest BCUT2D eigenvalue weighted by Gasteiger charge is -2.30. The number of ether oxygens (including phenoxy) is 1. The van der Waals surface area contributed by atoms with E-state index in [1.807, 2.05) is 6.20 Å². The molecule has 1 aliphatic rings. The molecule has 0 spiro atoms. The lowest BCUT2D eigenvalue weighted by atomic mass is 9.92. The molecular formula is C13H21N3O. The molecule has 0 radical (unpaired) electrons. The van der Waals surface area contributed by atoms with Crippen LogP contribution in [-0.2, 0) is 4.74 Å². The van der Waals surface area contributed by atoms with Crippen LogP contribution in [0.15, 0.2) is 18.6 Å². The Morgan fingerprint density at radius 2 is 2.06 bits per heavy atom. The van der Waals surface area contributed by atoms with Gasteiger partial charge in [-0.15, -0.1) is 0 Å². The van der Waals surface area contributed by atoms with Gasteiger partial charge in [0.1, 0.15) is 0 Å². The SMILES string of the molecule is CC(NC(C)C1CCOCC1)c1cnccn1. The van der Waals surface area contributed by atoms with Crippen molar-refractivity contribution in [2.75, 3.05) is 13.2 Å². The first kappa shape index (κ1) is 12.5. The molecule has 1 aromatic rings. The lowest BCUT2D eigenvalue weighted by Crippen LogP contribution is -2.38. The molecule has 4 nitrogen and oxygen atoms in total. The van der Waals surface area contributed by atoms with Crippen LogP contribution < -0.4 is 5.32 Å². The third-order valence-electron chi connectivity index (χ3n) is 3.51. The highest BCUT2D eigenvalue weighted by molar-refractivity contribution is 5.01. The molecule has 4 heteroatoms. The van der Waals surface area contributed by atoms with Gasteiger partial charge >= 0.3 is 0 Å². The van der Waals surface area contributed by atoms with Gasteiger partial charge in [-0.2, -0.15) is 0 Å². The van der Waals surface area contributed by atoms with Crippen molar-refractivity contribution in [3.8, 4) is 0 Å². The monoisotopic (exact) mass is 235 g/mol. The zero-order chi connectivity index (χ0) is 12.1. The predicted octanol–water partition coefficient (Wildman–Crippen LogP) is 1.94. The molecule has 2 atom stereocenters. The Balaban J connectivity index is 1.87. The van der Waals surface area contributed by atoms with Gasteiger partial charge in [-0.1, -0.05) is 0 Å². The summed E-state index contributed by atoms with van der Waals surface area (Å²) in [4.78, 5) is 8.43. The molecule has 1 saturated heterocycles. The Bertz CT molecular complexity index is 325. The van der Waals surface area contributed by atoms with Crippen LogP contribution in [0.1, 0.15) is 38.4 Å². The van der Waals surface area contributed by atoms with Gasteiger partial charge < -0.3 is 10.1 Å². The van der Waals surface area contributed by atoms with E-state index in [2.05, 4.69) is 29.1 Å². The number of nitrogens with zero attached hydrogens (tertiary/aromatic N) is 2. The van der Waals surface area contributed by atoms with E-state index in [0.717, 1.165) is 31.7 Å². The van der Waals surface area contributed by atoms with E-state index < -0.39 is 0 Å². The minimum absolute atomic E-state index is 0.251. The summed E-state index contributed by atoms with van der Waals surface area (Å²) in [6, 6.07) is 0.748. The van der Waals surface area contributed by atoms with Crippen molar-refractivity contribution >= 4 is 0 Å². The fourth-order valence-corrected chi connectivity index (χ4v) is 2.37. The molecule has 17 heavy (non-hydrogen) atoms. The molecule has 0 aliphatic carbocycles. The van der Waals surface area contributed by atoms with E-state index in [0.29, 0.717) is 12.0 Å². The van der Waals surface area contributed by atoms with Crippen molar-refractivity contribution in [1.82, 2.24) is 15.3 Å². The molecule has 1 fully saturated rings. The molecule has 1 aromatic heterocycles. The van der Waals surface area contributed by atoms with E-state index >= 15 is 0 Å². The molecule has 2 rings (SSSR count). The maximum atomic E-state index is 5.39. The van der Waals surface area contributed by atoms with Gasteiger partial charge in [-0.25, -0.2) is 0 Å². The molecular weight excluding hydrogens is 214 g/mol. The number of aromatic nitrogens is 2. The van der Waals surface area contributed by atoms with Crippen LogP contribution in [0.25, 0.3) is 0 Å². The van der Waals surface area contributed by atoms with Crippen molar-refractivity contribution in [2.24, 2.45) is 5.92 Å². The highest BCUT2D eigenvalue weighted by Gasteiger charge is 2.22. The molecule has 0 aromatic carbocycles. The lowest BCUT2D eigenvalue weighted by molar-refractivity contribution is 0.0546. The van der Waals surface area contributed by atoms with Crippen LogP contribution in [0, 0.1) is 5.92 Å². The van der Waals surface area contributed by atoms with E-state index in [-0.39, 0.29) is 6.04 Å². The second-order valence-corrected chi connectivity index (χ2v) is 4.76. The molecule has 2 unspecified atom stereocenters. The second kappa shape index (κ2) is 6.07. The average molecular weight is 235 g/mol. The van der Waals surface area contributed by atoms with Gasteiger partial charge in [0.05, 0.1) is 5.69 Å². The summed E-state index contributed by atoms with van der Waals surface area (Å²) in [7, 11) is 0. The van der Waals surface area contributed by atoms with Crippen LogP contribution in [-0.4, -0.2) is 29.2 Å². The average Bonchev–Trinajstić information content (AvgIpc) is 2.40. The smallest absolute Gasteiger partial charge is 0.0753 e. The summed E-state index contributed by atoms with van der Waals surface area (Å²) < 4.78 is 5.39. The Hall–Kier alpha value is -1.00. The second-order valence-electron chi connectivity index (χ2n) is 4.76. The van der Waals surface area contributed by atoms with Crippen LogP contribution >= 0.6 is 0 Å². The first-order valence-corrected chi connectivity index (χ1v) is 6.37. The van der Waals surface area contributed by atoms with E-state index in [4.69, 9.17) is 4.74 Å². The normalized spacial score (nSPS) is 21.1. The van der Waals surface area contributed by atoms with Crippen LogP contribution in [0.5, 0.6) is 0 Å². The fourth-order valence-electron chi connectivity index (χ4n) is 2.37.